The quantitative estimate of drug-likeness (QED) is 0.281. The summed E-state index contributed by atoms with van der Waals surface area (Å²) in [6.07, 6.45) is 4.47. The van der Waals surface area contributed by atoms with Crippen LogP contribution in [0.5, 0.6) is 0 Å². The maximum Gasteiger partial charge on any atom is 0.335 e. The number of fused-ring (bicyclic) bond motifs is 1. The number of thiazole rings is 1. The highest BCUT2D eigenvalue weighted by Gasteiger charge is 2.38. The molecule has 8 nitrogen and oxygen atoms in total. The standard InChI is InChI=1S/C26H24Cl2N4O4S/c27-17-2-1-3-18(28)23(17)32-20(22(30-31-32)14-4-5-14)13-36-16-8-10-26(35,11-9-16)25-29-19-12-15(24(33)34)6-7-21(19)37-25/h1-3,6-7,12,14,16,35H,4-5,8-11,13H2,(H,33,34). The van der Waals surface area contributed by atoms with Gasteiger partial charge < -0.3 is 14.9 Å². The second kappa shape index (κ2) is 9.63. The van der Waals surface area contributed by atoms with Crippen LogP contribution in [0.3, 0.4) is 0 Å². The molecule has 2 aromatic carbocycles. The zero-order valence-corrected chi connectivity index (χ0v) is 22.1. The monoisotopic (exact) mass is 558 g/mol. The van der Waals surface area contributed by atoms with Crippen molar-refractivity contribution in [2.24, 2.45) is 0 Å². The molecular weight excluding hydrogens is 535 g/mol. The van der Waals surface area contributed by atoms with E-state index in [9.17, 15) is 15.0 Å². The topological polar surface area (TPSA) is 110 Å². The van der Waals surface area contributed by atoms with Crippen LogP contribution in [0.4, 0.5) is 0 Å². The van der Waals surface area contributed by atoms with Gasteiger partial charge >= 0.3 is 5.97 Å². The van der Waals surface area contributed by atoms with Gasteiger partial charge in [0, 0.05) is 5.92 Å². The summed E-state index contributed by atoms with van der Waals surface area (Å²) in [5.74, 6) is -0.614. The lowest BCUT2D eigenvalue weighted by Crippen LogP contribution is -2.34. The molecule has 11 heteroatoms. The molecular formula is C26H24Cl2N4O4S. The first-order valence-electron chi connectivity index (χ1n) is 12.2. The van der Waals surface area contributed by atoms with Crippen LogP contribution >= 0.6 is 34.5 Å². The Morgan fingerprint density at radius 1 is 1.14 bits per heavy atom. The van der Waals surface area contributed by atoms with E-state index in [1.165, 1.54) is 11.3 Å². The predicted molar refractivity (Wildman–Crippen MR) is 141 cm³/mol. The van der Waals surface area contributed by atoms with Crippen molar-refractivity contribution in [1.82, 2.24) is 20.0 Å². The number of carbonyl (C=O) groups is 1. The SMILES string of the molecule is O=C(O)c1ccc2sc(C3(O)CCC(OCc4c(C5CC5)nnn4-c4c(Cl)cccc4Cl)CC3)nc2c1. The summed E-state index contributed by atoms with van der Waals surface area (Å²) < 4.78 is 8.90. The summed E-state index contributed by atoms with van der Waals surface area (Å²) in [5.41, 5.74) is 2.12. The number of ether oxygens (including phenoxy) is 1. The van der Waals surface area contributed by atoms with Crippen molar-refractivity contribution in [3.8, 4) is 5.69 Å². The molecule has 2 N–H and O–H groups in total. The van der Waals surface area contributed by atoms with Crippen LogP contribution in [-0.4, -0.2) is 42.3 Å². The van der Waals surface area contributed by atoms with Gasteiger partial charge in [-0.3, -0.25) is 0 Å². The van der Waals surface area contributed by atoms with Crippen LogP contribution in [0.15, 0.2) is 36.4 Å². The number of carboxylic acid groups (broad SMARTS) is 1. The summed E-state index contributed by atoms with van der Waals surface area (Å²) in [7, 11) is 0. The van der Waals surface area contributed by atoms with E-state index < -0.39 is 11.6 Å². The largest absolute Gasteiger partial charge is 0.478 e. The van der Waals surface area contributed by atoms with E-state index >= 15 is 0 Å². The molecule has 0 atom stereocenters. The van der Waals surface area contributed by atoms with Crippen molar-refractivity contribution < 1.29 is 19.7 Å². The van der Waals surface area contributed by atoms with Crippen LogP contribution in [0.25, 0.3) is 15.9 Å². The lowest BCUT2D eigenvalue weighted by molar-refractivity contribution is -0.0648. The number of hydrogen-bond donors (Lipinski definition) is 2. The first kappa shape index (κ1) is 24.8. The predicted octanol–water partition coefficient (Wildman–Crippen LogP) is 6.11. The van der Waals surface area contributed by atoms with Crippen LogP contribution in [0.1, 0.15) is 71.2 Å². The number of benzene rings is 2. The molecule has 2 heterocycles. The highest BCUT2D eigenvalue weighted by Crippen LogP contribution is 2.44. The minimum absolute atomic E-state index is 0.0367. The van der Waals surface area contributed by atoms with E-state index in [0.717, 1.165) is 28.9 Å². The van der Waals surface area contributed by atoms with Crippen LogP contribution in [-0.2, 0) is 16.9 Å². The van der Waals surface area contributed by atoms with E-state index in [0.29, 0.717) is 64.5 Å². The lowest BCUT2D eigenvalue weighted by Gasteiger charge is -2.34. The van der Waals surface area contributed by atoms with Gasteiger partial charge in [-0.05, 0) is 68.9 Å². The van der Waals surface area contributed by atoms with Gasteiger partial charge in [-0.25, -0.2) is 14.5 Å². The Morgan fingerprint density at radius 2 is 1.86 bits per heavy atom. The number of hydrogen-bond acceptors (Lipinski definition) is 7. The fourth-order valence-corrected chi connectivity index (χ4v) is 6.55. The summed E-state index contributed by atoms with van der Waals surface area (Å²) in [6.45, 7) is 0.322. The normalized spacial score (nSPS) is 22.0. The molecule has 2 fully saturated rings. The highest BCUT2D eigenvalue weighted by atomic mass is 35.5. The number of aliphatic hydroxyl groups is 1. The van der Waals surface area contributed by atoms with Crippen molar-refractivity contribution in [2.45, 2.75) is 62.8 Å². The van der Waals surface area contributed by atoms with E-state index in [2.05, 4.69) is 15.3 Å². The van der Waals surface area contributed by atoms with Gasteiger partial charge in [0.2, 0.25) is 0 Å². The second-order valence-electron chi connectivity index (χ2n) is 9.73. The Morgan fingerprint density at radius 3 is 2.54 bits per heavy atom. The van der Waals surface area contributed by atoms with E-state index in [4.69, 9.17) is 27.9 Å². The Hall–Kier alpha value is -2.56. The molecule has 6 rings (SSSR count). The zero-order chi connectivity index (χ0) is 25.7. The van der Waals surface area contributed by atoms with Gasteiger partial charge in [-0.2, -0.15) is 0 Å². The molecule has 2 aliphatic rings. The molecule has 37 heavy (non-hydrogen) atoms. The Balaban J connectivity index is 1.17. The van der Waals surface area contributed by atoms with Gasteiger partial charge in [0.1, 0.15) is 16.3 Å². The smallest absolute Gasteiger partial charge is 0.335 e. The maximum atomic E-state index is 11.4. The number of rotatable bonds is 7. The molecule has 0 spiro atoms. The molecule has 2 saturated carbocycles. The number of para-hydroxylation sites is 1. The average Bonchev–Trinajstić information content (AvgIpc) is 3.49. The highest BCUT2D eigenvalue weighted by molar-refractivity contribution is 7.18. The van der Waals surface area contributed by atoms with Gasteiger partial charge in [0.05, 0.1) is 49.9 Å². The number of aromatic carboxylic acids is 1. The van der Waals surface area contributed by atoms with Crippen LogP contribution in [0, 0.1) is 0 Å². The molecule has 0 amide bonds. The zero-order valence-electron chi connectivity index (χ0n) is 19.7. The van der Waals surface area contributed by atoms with E-state index in [-0.39, 0.29) is 11.7 Å². The Bertz CT molecular complexity index is 1470. The molecule has 2 aromatic heterocycles. The van der Waals surface area contributed by atoms with Gasteiger partial charge in [0.15, 0.2) is 0 Å². The van der Waals surface area contributed by atoms with Crippen molar-refractivity contribution in [3.05, 3.63) is 68.4 Å². The molecule has 0 saturated heterocycles. The van der Waals surface area contributed by atoms with Crippen LogP contribution < -0.4 is 0 Å². The first-order chi connectivity index (χ1) is 17.8. The number of nitrogens with zero attached hydrogens (tertiary/aromatic N) is 4. The Kier molecular flexibility index (Phi) is 6.45. The summed E-state index contributed by atoms with van der Waals surface area (Å²) >= 11 is 14.3. The average molecular weight is 559 g/mol. The van der Waals surface area contributed by atoms with Crippen molar-refractivity contribution in [2.75, 3.05) is 0 Å². The molecule has 0 bridgehead atoms. The minimum Gasteiger partial charge on any atom is -0.478 e. The molecule has 0 unspecified atom stereocenters. The van der Waals surface area contributed by atoms with Crippen molar-refractivity contribution >= 4 is 50.7 Å². The number of aromatic nitrogens is 4. The van der Waals surface area contributed by atoms with E-state index in [1.807, 2.05) is 0 Å². The molecule has 2 aliphatic carbocycles. The fraction of sp³-hybridized carbons (Fsp3) is 0.385. The minimum atomic E-state index is -1.06. The molecule has 4 aromatic rings. The van der Waals surface area contributed by atoms with Gasteiger partial charge in [0.25, 0.3) is 0 Å². The van der Waals surface area contributed by atoms with Gasteiger partial charge in [-0.15, -0.1) is 16.4 Å². The number of carboxylic acids is 1. The molecule has 0 aliphatic heterocycles. The summed E-state index contributed by atoms with van der Waals surface area (Å²) in [4.78, 5) is 15.9. The van der Waals surface area contributed by atoms with Gasteiger partial charge in [-0.1, -0.05) is 34.5 Å². The summed E-state index contributed by atoms with van der Waals surface area (Å²) in [6, 6.07) is 10.2. The summed E-state index contributed by atoms with van der Waals surface area (Å²) in [5, 5.41) is 31.1. The molecule has 192 valence electrons. The van der Waals surface area contributed by atoms with Crippen molar-refractivity contribution in [1.29, 1.82) is 0 Å². The van der Waals surface area contributed by atoms with E-state index in [1.54, 1.807) is 41.1 Å². The van der Waals surface area contributed by atoms with Crippen molar-refractivity contribution in [3.63, 3.8) is 0 Å². The third-order valence-corrected chi connectivity index (χ3v) is 8.99. The lowest BCUT2D eigenvalue weighted by atomic mass is 9.83. The van der Waals surface area contributed by atoms with Crippen LogP contribution in [0.2, 0.25) is 10.0 Å². The third-order valence-electron chi connectivity index (χ3n) is 7.15. The maximum absolute atomic E-state index is 11.4. The second-order valence-corrected chi connectivity index (χ2v) is 11.6. The number of halogens is 2. The molecule has 0 radical (unpaired) electrons. The Labute approximate surface area is 226 Å². The fourth-order valence-electron chi connectivity index (χ4n) is 4.90. The first-order valence-corrected chi connectivity index (χ1v) is 13.8. The third kappa shape index (κ3) is 4.75.